The first-order valence-corrected chi connectivity index (χ1v) is 3.02. The molecule has 0 radical (unpaired) electrons. The van der Waals surface area contributed by atoms with E-state index in [-0.39, 0.29) is 0 Å². The summed E-state index contributed by atoms with van der Waals surface area (Å²) in [4.78, 5) is 14.0. The molecule has 11 heavy (non-hydrogen) atoms. The summed E-state index contributed by atoms with van der Waals surface area (Å²) < 4.78 is 4.79. The van der Waals surface area contributed by atoms with Gasteiger partial charge in [-0.15, -0.1) is 0 Å². The molecule has 0 bridgehead atoms. The van der Waals surface area contributed by atoms with E-state index < -0.39 is 0 Å². The Hall–Kier alpha value is -1.58. The molecule has 4 heteroatoms. The lowest BCUT2D eigenvalue weighted by molar-refractivity contribution is 0.112. The molecule has 58 valence electrons. The predicted molar refractivity (Wildman–Crippen MR) is 40.6 cm³/mol. The standard InChI is InChI=1S/C7H8N2O2/c1-11-7-6(8)2-5(4-10)3-9-7/h2-4H,8H2,1H3. The van der Waals surface area contributed by atoms with E-state index in [2.05, 4.69) is 4.98 Å². The van der Waals surface area contributed by atoms with Crippen molar-refractivity contribution in [2.75, 3.05) is 12.8 Å². The van der Waals surface area contributed by atoms with Crippen LogP contribution in [0.2, 0.25) is 0 Å². The van der Waals surface area contributed by atoms with Gasteiger partial charge in [-0.05, 0) is 6.07 Å². The fraction of sp³-hybridized carbons (Fsp3) is 0.143. The van der Waals surface area contributed by atoms with Crippen LogP contribution in [0.1, 0.15) is 10.4 Å². The van der Waals surface area contributed by atoms with Gasteiger partial charge in [0.15, 0.2) is 6.29 Å². The maximum atomic E-state index is 10.2. The summed E-state index contributed by atoms with van der Waals surface area (Å²) in [5.41, 5.74) is 6.28. The Balaban J connectivity index is 3.09. The van der Waals surface area contributed by atoms with Crippen molar-refractivity contribution in [3.63, 3.8) is 0 Å². The Morgan fingerprint density at radius 3 is 2.91 bits per heavy atom. The summed E-state index contributed by atoms with van der Waals surface area (Å²) >= 11 is 0. The molecular formula is C7H8N2O2. The second-order valence-electron chi connectivity index (χ2n) is 1.99. The van der Waals surface area contributed by atoms with Gasteiger partial charge in [0.05, 0.1) is 12.8 Å². The van der Waals surface area contributed by atoms with E-state index in [4.69, 9.17) is 10.5 Å². The number of nitrogens with two attached hydrogens (primary N) is 1. The number of methoxy groups -OCH3 is 1. The highest BCUT2D eigenvalue weighted by molar-refractivity contribution is 5.76. The molecular weight excluding hydrogens is 144 g/mol. The Labute approximate surface area is 64.0 Å². The zero-order valence-electron chi connectivity index (χ0n) is 6.07. The Morgan fingerprint density at radius 2 is 2.45 bits per heavy atom. The van der Waals surface area contributed by atoms with Crippen molar-refractivity contribution in [2.45, 2.75) is 0 Å². The van der Waals surface area contributed by atoms with Gasteiger partial charge in [0.2, 0.25) is 5.88 Å². The summed E-state index contributed by atoms with van der Waals surface area (Å²) in [5, 5.41) is 0. The average Bonchev–Trinajstić information content (AvgIpc) is 2.04. The van der Waals surface area contributed by atoms with Gasteiger partial charge in [0.1, 0.15) is 0 Å². The van der Waals surface area contributed by atoms with Crippen LogP contribution in [0.4, 0.5) is 5.69 Å². The van der Waals surface area contributed by atoms with Gasteiger partial charge >= 0.3 is 0 Å². The number of carbonyl (C=O) groups excluding carboxylic acids is 1. The molecule has 1 aromatic rings. The zero-order valence-corrected chi connectivity index (χ0v) is 6.07. The second-order valence-corrected chi connectivity index (χ2v) is 1.99. The molecule has 0 aliphatic rings. The molecule has 2 N–H and O–H groups in total. The second kappa shape index (κ2) is 3.01. The van der Waals surface area contributed by atoms with Crippen LogP contribution in [-0.2, 0) is 0 Å². The summed E-state index contributed by atoms with van der Waals surface area (Å²) in [5.74, 6) is 0.343. The summed E-state index contributed by atoms with van der Waals surface area (Å²) in [7, 11) is 1.47. The number of pyridine rings is 1. The fourth-order valence-electron chi connectivity index (χ4n) is 0.721. The zero-order chi connectivity index (χ0) is 8.27. The number of ether oxygens (including phenoxy) is 1. The van der Waals surface area contributed by atoms with Crippen LogP contribution < -0.4 is 10.5 Å². The van der Waals surface area contributed by atoms with Crippen LogP contribution in [0.3, 0.4) is 0 Å². The van der Waals surface area contributed by atoms with Crippen molar-refractivity contribution in [3.8, 4) is 5.88 Å². The third kappa shape index (κ3) is 1.46. The molecule has 1 aromatic heterocycles. The van der Waals surface area contributed by atoms with E-state index >= 15 is 0 Å². The number of nitrogens with zero attached hydrogens (tertiary/aromatic N) is 1. The van der Waals surface area contributed by atoms with E-state index in [0.29, 0.717) is 23.4 Å². The van der Waals surface area contributed by atoms with Crippen LogP contribution in [0.5, 0.6) is 5.88 Å². The van der Waals surface area contributed by atoms with Crippen molar-refractivity contribution in [1.29, 1.82) is 0 Å². The summed E-state index contributed by atoms with van der Waals surface area (Å²) in [6.45, 7) is 0. The molecule has 0 saturated carbocycles. The monoisotopic (exact) mass is 152 g/mol. The highest BCUT2D eigenvalue weighted by atomic mass is 16.5. The number of hydrogen-bond donors (Lipinski definition) is 1. The SMILES string of the molecule is COc1ncc(C=O)cc1N. The van der Waals surface area contributed by atoms with Crippen molar-refractivity contribution < 1.29 is 9.53 Å². The minimum atomic E-state index is 0.343. The first kappa shape index (κ1) is 7.53. The minimum Gasteiger partial charge on any atom is -0.480 e. The van der Waals surface area contributed by atoms with E-state index in [9.17, 15) is 4.79 Å². The Bertz CT molecular complexity index is 273. The lowest BCUT2D eigenvalue weighted by Gasteiger charge is -2.01. The van der Waals surface area contributed by atoms with Crippen molar-refractivity contribution in [1.82, 2.24) is 4.98 Å². The number of hydrogen-bond acceptors (Lipinski definition) is 4. The van der Waals surface area contributed by atoms with Gasteiger partial charge in [-0.1, -0.05) is 0 Å². The van der Waals surface area contributed by atoms with E-state index in [1.807, 2.05) is 0 Å². The van der Waals surface area contributed by atoms with Crippen molar-refractivity contribution in [3.05, 3.63) is 17.8 Å². The van der Waals surface area contributed by atoms with E-state index in [1.165, 1.54) is 19.4 Å². The van der Waals surface area contributed by atoms with Gasteiger partial charge in [-0.3, -0.25) is 4.79 Å². The van der Waals surface area contributed by atoms with Crippen molar-refractivity contribution >= 4 is 12.0 Å². The Kier molecular flexibility index (Phi) is 2.06. The highest BCUT2D eigenvalue weighted by Gasteiger charge is 1.99. The number of nitrogen functional groups attached to an aromatic ring is 1. The molecule has 0 saturated heterocycles. The molecule has 0 amide bonds. The van der Waals surface area contributed by atoms with Gasteiger partial charge in [0.25, 0.3) is 0 Å². The van der Waals surface area contributed by atoms with E-state index in [0.717, 1.165) is 0 Å². The van der Waals surface area contributed by atoms with Crippen LogP contribution >= 0.6 is 0 Å². The van der Waals surface area contributed by atoms with Crippen LogP contribution in [0, 0.1) is 0 Å². The number of carbonyl (C=O) groups is 1. The first-order chi connectivity index (χ1) is 5.27. The number of aldehydes is 1. The van der Waals surface area contributed by atoms with Gasteiger partial charge in [0, 0.05) is 11.8 Å². The lowest BCUT2D eigenvalue weighted by atomic mass is 10.3. The van der Waals surface area contributed by atoms with Crippen LogP contribution in [0.15, 0.2) is 12.3 Å². The molecule has 0 spiro atoms. The maximum Gasteiger partial charge on any atom is 0.236 e. The number of aromatic nitrogens is 1. The largest absolute Gasteiger partial charge is 0.480 e. The molecule has 0 aliphatic carbocycles. The lowest BCUT2D eigenvalue weighted by Crippen LogP contribution is -1.96. The van der Waals surface area contributed by atoms with Crippen molar-refractivity contribution in [2.24, 2.45) is 0 Å². The normalized spacial score (nSPS) is 9.18. The highest BCUT2D eigenvalue weighted by Crippen LogP contribution is 2.16. The topological polar surface area (TPSA) is 65.2 Å². The predicted octanol–water partition coefficient (Wildman–Crippen LogP) is 0.485. The van der Waals surface area contributed by atoms with Gasteiger partial charge < -0.3 is 10.5 Å². The smallest absolute Gasteiger partial charge is 0.236 e. The number of rotatable bonds is 2. The molecule has 0 unspecified atom stereocenters. The molecule has 0 aromatic carbocycles. The molecule has 1 heterocycles. The fourth-order valence-corrected chi connectivity index (χ4v) is 0.721. The van der Waals surface area contributed by atoms with Gasteiger partial charge in [-0.25, -0.2) is 4.98 Å². The van der Waals surface area contributed by atoms with Crippen LogP contribution in [-0.4, -0.2) is 18.4 Å². The molecule has 0 aliphatic heterocycles. The van der Waals surface area contributed by atoms with Crippen LogP contribution in [0.25, 0.3) is 0 Å². The number of anilines is 1. The first-order valence-electron chi connectivity index (χ1n) is 3.02. The third-order valence-corrected chi connectivity index (χ3v) is 1.23. The molecule has 1 rings (SSSR count). The summed E-state index contributed by atoms with van der Waals surface area (Å²) in [6.07, 6.45) is 2.09. The minimum absolute atomic E-state index is 0.343. The van der Waals surface area contributed by atoms with Gasteiger partial charge in [-0.2, -0.15) is 0 Å². The molecule has 4 nitrogen and oxygen atoms in total. The summed E-state index contributed by atoms with van der Waals surface area (Å²) in [6, 6.07) is 1.51. The Morgan fingerprint density at radius 1 is 1.73 bits per heavy atom. The van der Waals surface area contributed by atoms with E-state index in [1.54, 1.807) is 0 Å². The average molecular weight is 152 g/mol. The molecule has 0 atom stereocenters. The molecule has 0 fully saturated rings. The quantitative estimate of drug-likeness (QED) is 0.626. The third-order valence-electron chi connectivity index (χ3n) is 1.23. The maximum absolute atomic E-state index is 10.2.